The number of nitrogens with zero attached hydrogens (tertiary/aromatic N) is 1. The molecular formula is C13H19BrN2O3S. The highest BCUT2D eigenvalue weighted by atomic mass is 79.9. The van der Waals surface area contributed by atoms with Crippen LogP contribution in [0.25, 0.3) is 0 Å². The van der Waals surface area contributed by atoms with Crippen LogP contribution < -0.4 is 5.73 Å². The van der Waals surface area contributed by atoms with E-state index in [1.54, 1.807) is 6.07 Å². The van der Waals surface area contributed by atoms with Crippen LogP contribution in [-0.4, -0.2) is 37.0 Å². The van der Waals surface area contributed by atoms with Crippen molar-refractivity contribution in [3.8, 4) is 0 Å². The van der Waals surface area contributed by atoms with Gasteiger partial charge in [-0.3, -0.25) is 0 Å². The summed E-state index contributed by atoms with van der Waals surface area (Å²) in [6, 6.07) is 4.26. The lowest BCUT2D eigenvalue weighted by Gasteiger charge is -2.27. The van der Waals surface area contributed by atoms with E-state index in [9.17, 15) is 13.5 Å². The van der Waals surface area contributed by atoms with Crippen molar-refractivity contribution in [1.82, 2.24) is 4.31 Å². The number of aliphatic hydroxyl groups excluding tert-OH is 1. The quantitative estimate of drug-likeness (QED) is 0.805. The second-order valence-electron chi connectivity index (χ2n) is 4.98. The Bertz CT molecular complexity index is 577. The Hall–Kier alpha value is -0.630. The average Bonchev–Trinajstić information content (AvgIpc) is 2.67. The van der Waals surface area contributed by atoms with E-state index in [1.165, 1.54) is 16.4 Å². The number of halogens is 1. The zero-order chi connectivity index (χ0) is 14.8. The first-order chi connectivity index (χ1) is 9.46. The molecule has 20 heavy (non-hydrogen) atoms. The molecule has 0 radical (unpaired) electrons. The average molecular weight is 363 g/mol. The summed E-state index contributed by atoms with van der Waals surface area (Å²) >= 11 is 3.25. The molecule has 0 aliphatic carbocycles. The van der Waals surface area contributed by atoms with E-state index in [0.29, 0.717) is 23.1 Å². The van der Waals surface area contributed by atoms with E-state index in [2.05, 4.69) is 15.9 Å². The summed E-state index contributed by atoms with van der Waals surface area (Å²) in [5, 5.41) is 9.46. The monoisotopic (exact) mass is 362 g/mol. The Morgan fingerprint density at radius 1 is 1.35 bits per heavy atom. The summed E-state index contributed by atoms with van der Waals surface area (Å²) in [5.41, 5.74) is 6.19. The summed E-state index contributed by atoms with van der Waals surface area (Å²) in [6.45, 7) is 0.310. The lowest BCUT2D eigenvalue weighted by molar-refractivity contribution is 0.186. The largest absolute Gasteiger partial charge is 0.398 e. The fraction of sp³-hybridized carbons (Fsp3) is 0.538. The van der Waals surface area contributed by atoms with Gasteiger partial charge in [-0.1, -0.05) is 12.8 Å². The molecule has 0 aromatic heterocycles. The van der Waals surface area contributed by atoms with E-state index in [4.69, 9.17) is 5.73 Å². The third-order valence-corrected chi connectivity index (χ3v) is 6.25. The number of sulfonamides is 1. The fourth-order valence-corrected chi connectivity index (χ4v) is 4.70. The van der Waals surface area contributed by atoms with Gasteiger partial charge in [0.25, 0.3) is 0 Å². The zero-order valence-corrected chi connectivity index (χ0v) is 13.5. The number of hydrogen-bond acceptors (Lipinski definition) is 4. The molecule has 3 N–H and O–H groups in total. The molecule has 112 valence electrons. The van der Waals surface area contributed by atoms with Gasteiger partial charge in [0.2, 0.25) is 10.0 Å². The third kappa shape index (κ3) is 3.16. The number of anilines is 1. The first-order valence-corrected chi connectivity index (χ1v) is 8.88. The van der Waals surface area contributed by atoms with Gasteiger partial charge in [-0.2, -0.15) is 4.31 Å². The van der Waals surface area contributed by atoms with E-state index < -0.39 is 10.0 Å². The van der Waals surface area contributed by atoms with Crippen molar-refractivity contribution in [2.24, 2.45) is 0 Å². The van der Waals surface area contributed by atoms with Gasteiger partial charge in [-0.15, -0.1) is 0 Å². The molecule has 1 aromatic carbocycles. The first kappa shape index (κ1) is 15.8. The molecular weight excluding hydrogens is 344 g/mol. The Labute approximate surface area is 128 Å². The first-order valence-electron chi connectivity index (χ1n) is 6.64. The Morgan fingerprint density at radius 3 is 2.75 bits per heavy atom. The van der Waals surface area contributed by atoms with Gasteiger partial charge < -0.3 is 10.8 Å². The molecule has 5 nitrogen and oxygen atoms in total. The van der Waals surface area contributed by atoms with Gasteiger partial charge in [0.05, 0.1) is 11.5 Å². The maximum absolute atomic E-state index is 12.7. The summed E-state index contributed by atoms with van der Waals surface area (Å²) in [5.74, 6) is 0. The molecule has 0 bridgehead atoms. The third-order valence-electron chi connectivity index (χ3n) is 3.61. The molecule has 1 saturated heterocycles. The number of nitrogen functional groups attached to an aromatic ring is 1. The maximum atomic E-state index is 12.7. The number of benzene rings is 1. The topological polar surface area (TPSA) is 83.6 Å². The van der Waals surface area contributed by atoms with Gasteiger partial charge in [-0.25, -0.2) is 8.42 Å². The minimum absolute atomic E-state index is 0.143. The highest BCUT2D eigenvalue weighted by Gasteiger charge is 2.32. The van der Waals surface area contributed by atoms with Gasteiger partial charge >= 0.3 is 0 Å². The van der Waals surface area contributed by atoms with Crippen LogP contribution in [0.15, 0.2) is 27.6 Å². The Kier molecular flexibility index (Phi) is 5.06. The molecule has 0 amide bonds. The normalized spacial score (nSPS) is 21.6. The standard InChI is InChI=1S/C13H19BrN2O3S/c14-12-8-11(5-6-13(12)15)20(18,19)16-7-3-1-2-4-10(16)9-17/h5-6,8,10,17H,1-4,7,9,15H2. The minimum atomic E-state index is -3.60. The van der Waals surface area contributed by atoms with E-state index in [0.717, 1.165) is 19.3 Å². The summed E-state index contributed by atoms with van der Waals surface area (Å²) in [7, 11) is -3.60. The second kappa shape index (κ2) is 6.43. The van der Waals surface area contributed by atoms with Crippen LogP contribution in [0, 0.1) is 0 Å². The van der Waals surface area contributed by atoms with Crippen molar-refractivity contribution in [2.45, 2.75) is 36.6 Å². The van der Waals surface area contributed by atoms with Crippen molar-refractivity contribution in [3.63, 3.8) is 0 Å². The summed E-state index contributed by atoms with van der Waals surface area (Å²) in [4.78, 5) is 0.207. The molecule has 0 spiro atoms. The maximum Gasteiger partial charge on any atom is 0.243 e. The lowest BCUT2D eigenvalue weighted by Crippen LogP contribution is -2.42. The van der Waals surface area contributed by atoms with Crippen molar-refractivity contribution in [1.29, 1.82) is 0 Å². The molecule has 1 heterocycles. The molecule has 1 unspecified atom stereocenters. The van der Waals surface area contributed by atoms with Crippen LogP contribution in [0.2, 0.25) is 0 Å². The van der Waals surface area contributed by atoms with Crippen LogP contribution in [0.3, 0.4) is 0 Å². The van der Waals surface area contributed by atoms with Crippen molar-refractivity contribution < 1.29 is 13.5 Å². The number of aliphatic hydroxyl groups is 1. The molecule has 7 heteroatoms. The van der Waals surface area contributed by atoms with E-state index in [-0.39, 0.29) is 17.5 Å². The highest BCUT2D eigenvalue weighted by Crippen LogP contribution is 2.28. The Balaban J connectivity index is 2.38. The smallest absolute Gasteiger partial charge is 0.243 e. The van der Waals surface area contributed by atoms with E-state index in [1.807, 2.05) is 0 Å². The number of rotatable bonds is 3. The highest BCUT2D eigenvalue weighted by molar-refractivity contribution is 9.10. The lowest BCUT2D eigenvalue weighted by atomic mass is 10.1. The molecule has 1 aliphatic heterocycles. The Morgan fingerprint density at radius 2 is 2.10 bits per heavy atom. The second-order valence-corrected chi connectivity index (χ2v) is 7.73. The van der Waals surface area contributed by atoms with Crippen LogP contribution in [0.5, 0.6) is 0 Å². The van der Waals surface area contributed by atoms with Crippen molar-refractivity contribution >= 4 is 31.6 Å². The van der Waals surface area contributed by atoms with Crippen LogP contribution in [0.4, 0.5) is 5.69 Å². The fourth-order valence-electron chi connectivity index (χ4n) is 2.45. The predicted octanol–water partition coefficient (Wildman–Crippen LogP) is 1.96. The molecule has 0 saturated carbocycles. The molecule has 1 aliphatic rings. The van der Waals surface area contributed by atoms with E-state index >= 15 is 0 Å². The zero-order valence-electron chi connectivity index (χ0n) is 11.1. The van der Waals surface area contributed by atoms with Crippen LogP contribution in [0.1, 0.15) is 25.7 Å². The number of hydrogen-bond donors (Lipinski definition) is 2. The molecule has 2 rings (SSSR count). The summed E-state index contributed by atoms with van der Waals surface area (Å²) in [6.07, 6.45) is 3.47. The van der Waals surface area contributed by atoms with Crippen LogP contribution in [-0.2, 0) is 10.0 Å². The summed E-state index contributed by atoms with van der Waals surface area (Å²) < 4.78 is 27.4. The minimum Gasteiger partial charge on any atom is -0.398 e. The molecule has 1 aromatic rings. The SMILES string of the molecule is Nc1ccc(S(=O)(=O)N2CCCCCC2CO)cc1Br. The van der Waals surface area contributed by atoms with Gasteiger partial charge in [-0.05, 0) is 47.0 Å². The predicted molar refractivity (Wildman–Crippen MR) is 81.8 cm³/mol. The van der Waals surface area contributed by atoms with Crippen molar-refractivity contribution in [2.75, 3.05) is 18.9 Å². The van der Waals surface area contributed by atoms with Gasteiger partial charge in [0.1, 0.15) is 0 Å². The molecule has 1 atom stereocenters. The molecule has 1 fully saturated rings. The van der Waals surface area contributed by atoms with Crippen LogP contribution >= 0.6 is 15.9 Å². The van der Waals surface area contributed by atoms with Crippen molar-refractivity contribution in [3.05, 3.63) is 22.7 Å². The number of nitrogens with two attached hydrogens (primary N) is 1. The van der Waals surface area contributed by atoms with Gasteiger partial charge in [0, 0.05) is 22.7 Å². The van der Waals surface area contributed by atoms with Gasteiger partial charge in [0.15, 0.2) is 0 Å².